The van der Waals surface area contributed by atoms with E-state index in [1.165, 1.54) is 40.8 Å². The Hall–Kier alpha value is -3.21. The van der Waals surface area contributed by atoms with E-state index in [4.69, 9.17) is 11.6 Å². The lowest BCUT2D eigenvalue weighted by Crippen LogP contribution is -2.31. The van der Waals surface area contributed by atoms with Crippen molar-refractivity contribution in [2.75, 3.05) is 4.90 Å². The zero-order valence-electron chi connectivity index (χ0n) is 17.2. The van der Waals surface area contributed by atoms with E-state index in [9.17, 15) is 19.1 Å². The topological polar surface area (TPSA) is 96.3 Å². The second-order valence-electron chi connectivity index (χ2n) is 7.33. The molecule has 1 N–H and O–H groups in total. The minimum Gasteiger partial charge on any atom is -0.503 e. The molecule has 4 aromatic rings. The van der Waals surface area contributed by atoms with Gasteiger partial charge in [0.15, 0.2) is 10.9 Å². The van der Waals surface area contributed by atoms with Crippen LogP contribution in [0.3, 0.4) is 0 Å². The number of carbonyl (C=O) groups excluding carboxylic acids is 2. The first-order valence-electron chi connectivity index (χ1n) is 9.67. The molecule has 0 spiro atoms. The van der Waals surface area contributed by atoms with Crippen molar-refractivity contribution in [3.8, 4) is 0 Å². The van der Waals surface area contributed by atoms with Gasteiger partial charge in [-0.25, -0.2) is 14.4 Å². The van der Waals surface area contributed by atoms with Gasteiger partial charge < -0.3 is 5.11 Å². The van der Waals surface area contributed by atoms with E-state index in [0.29, 0.717) is 31.4 Å². The Labute approximate surface area is 199 Å². The lowest BCUT2D eigenvalue weighted by atomic mass is 9.96. The summed E-state index contributed by atoms with van der Waals surface area (Å²) >= 11 is 8.14. The molecule has 1 aromatic carbocycles. The Morgan fingerprint density at radius 1 is 1.18 bits per heavy atom. The van der Waals surface area contributed by atoms with Gasteiger partial charge in [0.2, 0.25) is 5.78 Å². The molecular formula is C22H14ClFN4O3S2. The van der Waals surface area contributed by atoms with Crippen LogP contribution < -0.4 is 4.90 Å². The maximum absolute atomic E-state index is 14.0. The zero-order valence-corrected chi connectivity index (χ0v) is 19.6. The van der Waals surface area contributed by atoms with Crippen molar-refractivity contribution < 1.29 is 19.1 Å². The summed E-state index contributed by atoms with van der Waals surface area (Å²) in [7, 11) is 0. The van der Waals surface area contributed by atoms with Crippen LogP contribution in [-0.2, 0) is 4.79 Å². The minimum absolute atomic E-state index is 0.0681. The van der Waals surface area contributed by atoms with E-state index < -0.39 is 29.3 Å². The van der Waals surface area contributed by atoms with E-state index in [2.05, 4.69) is 15.0 Å². The number of aliphatic hydroxyl groups excluding tert-OH is 1. The Morgan fingerprint density at radius 2 is 1.91 bits per heavy atom. The van der Waals surface area contributed by atoms with Crippen molar-refractivity contribution in [2.45, 2.75) is 19.9 Å². The maximum Gasteiger partial charge on any atom is 0.296 e. The molecule has 166 valence electrons. The molecule has 1 amide bonds. The fraction of sp³-hybridized carbons (Fsp3) is 0.136. The second kappa shape index (κ2) is 7.98. The summed E-state index contributed by atoms with van der Waals surface area (Å²) in [4.78, 5) is 41.1. The molecular weight excluding hydrogens is 487 g/mol. The summed E-state index contributed by atoms with van der Waals surface area (Å²) in [5, 5.41) is 11.6. The van der Waals surface area contributed by atoms with Crippen molar-refractivity contribution in [1.29, 1.82) is 0 Å². The van der Waals surface area contributed by atoms with Crippen molar-refractivity contribution >= 4 is 61.3 Å². The zero-order chi connectivity index (χ0) is 23.4. The second-order valence-corrected chi connectivity index (χ2v) is 9.95. The molecule has 33 heavy (non-hydrogen) atoms. The van der Waals surface area contributed by atoms with Crippen molar-refractivity contribution in [3.63, 3.8) is 0 Å². The van der Waals surface area contributed by atoms with Crippen LogP contribution in [0.4, 0.5) is 9.52 Å². The Bertz CT molecular complexity index is 1440. The van der Waals surface area contributed by atoms with E-state index in [-0.39, 0.29) is 15.7 Å². The number of carbonyl (C=O) groups is 2. The largest absolute Gasteiger partial charge is 0.503 e. The molecule has 5 rings (SSSR count). The van der Waals surface area contributed by atoms with Crippen LogP contribution in [0.5, 0.6) is 0 Å². The van der Waals surface area contributed by atoms with Gasteiger partial charge >= 0.3 is 0 Å². The van der Waals surface area contributed by atoms with Gasteiger partial charge in [0.05, 0.1) is 42.4 Å². The number of ketones is 1. The molecule has 0 bridgehead atoms. The Balaban J connectivity index is 1.69. The van der Waals surface area contributed by atoms with Gasteiger partial charge in [0.1, 0.15) is 5.82 Å². The quantitative estimate of drug-likeness (QED) is 0.380. The summed E-state index contributed by atoms with van der Waals surface area (Å²) in [6.07, 6.45) is 3.07. The number of pyridine rings is 1. The molecule has 1 aliphatic heterocycles. The van der Waals surface area contributed by atoms with Crippen LogP contribution in [0.15, 0.2) is 48.0 Å². The third kappa shape index (κ3) is 3.50. The summed E-state index contributed by atoms with van der Waals surface area (Å²) in [6.45, 7) is 3.48. The lowest BCUT2D eigenvalue weighted by molar-refractivity contribution is -0.117. The number of aromatic nitrogens is 3. The number of amides is 1. The fourth-order valence-electron chi connectivity index (χ4n) is 3.77. The highest BCUT2D eigenvalue weighted by atomic mass is 35.5. The SMILES string of the molecule is Cc1nc(C)c(C(=O)C2=C(O)C(=O)N(c3nc4cc(Cl)c(F)cc4s3)C2c2ccncc2)s1. The Morgan fingerprint density at radius 3 is 2.58 bits per heavy atom. The molecule has 4 heterocycles. The average Bonchev–Trinajstić information content (AvgIpc) is 3.42. The molecule has 11 heteroatoms. The van der Waals surface area contributed by atoms with Crippen LogP contribution in [0.1, 0.15) is 32.0 Å². The number of hydrogen-bond donors (Lipinski definition) is 1. The lowest BCUT2D eigenvalue weighted by Gasteiger charge is -2.24. The molecule has 0 saturated carbocycles. The number of halogens is 2. The van der Waals surface area contributed by atoms with Crippen LogP contribution in [0.2, 0.25) is 5.02 Å². The van der Waals surface area contributed by atoms with Gasteiger partial charge in [-0.15, -0.1) is 11.3 Å². The van der Waals surface area contributed by atoms with Crippen LogP contribution in [-0.4, -0.2) is 31.7 Å². The number of aliphatic hydroxyl groups is 1. The minimum atomic E-state index is -0.948. The van der Waals surface area contributed by atoms with Crippen molar-refractivity contribution in [3.05, 3.63) is 80.0 Å². The standard InChI is InChI=1S/C22H14ClFN4O3S2/c1-9-20(32-10(2)26-9)18(29)16-17(11-3-5-25-6-4-11)28(21(31)19(16)30)22-27-14-7-12(23)13(24)8-15(14)33-22/h3-8,17,30H,1-2H3. The Kier molecular flexibility index (Phi) is 5.23. The normalized spacial score (nSPS) is 16.3. The number of anilines is 1. The number of fused-ring (bicyclic) bond motifs is 1. The monoisotopic (exact) mass is 500 g/mol. The van der Waals surface area contributed by atoms with E-state index in [1.54, 1.807) is 26.0 Å². The predicted octanol–water partition coefficient (Wildman–Crippen LogP) is 5.34. The summed E-state index contributed by atoms with van der Waals surface area (Å²) in [6, 6.07) is 4.98. The van der Waals surface area contributed by atoms with E-state index in [0.717, 1.165) is 11.3 Å². The number of Topliss-reactive ketones (excluding diaryl/α,β-unsaturated/α-hetero) is 1. The number of hydrogen-bond acceptors (Lipinski definition) is 8. The molecule has 1 aliphatic rings. The van der Waals surface area contributed by atoms with Crippen molar-refractivity contribution in [1.82, 2.24) is 15.0 Å². The highest BCUT2D eigenvalue weighted by Gasteiger charge is 2.46. The predicted molar refractivity (Wildman–Crippen MR) is 125 cm³/mol. The molecule has 0 fully saturated rings. The third-order valence-corrected chi connectivity index (χ3v) is 7.59. The molecule has 0 radical (unpaired) electrons. The van der Waals surface area contributed by atoms with Crippen LogP contribution in [0.25, 0.3) is 10.2 Å². The first-order valence-corrected chi connectivity index (χ1v) is 11.7. The van der Waals surface area contributed by atoms with Crippen LogP contribution in [0, 0.1) is 19.7 Å². The molecule has 3 aromatic heterocycles. The van der Waals surface area contributed by atoms with Gasteiger partial charge in [0, 0.05) is 12.4 Å². The van der Waals surface area contributed by atoms with E-state index in [1.807, 2.05) is 0 Å². The first-order chi connectivity index (χ1) is 15.8. The maximum atomic E-state index is 14.0. The molecule has 1 atom stereocenters. The smallest absolute Gasteiger partial charge is 0.296 e. The molecule has 0 aliphatic carbocycles. The number of benzene rings is 1. The highest BCUT2D eigenvalue weighted by molar-refractivity contribution is 7.22. The average molecular weight is 501 g/mol. The fourth-order valence-corrected chi connectivity index (χ4v) is 5.81. The number of aryl methyl sites for hydroxylation is 2. The summed E-state index contributed by atoms with van der Waals surface area (Å²) in [5.74, 6) is -2.52. The molecule has 1 unspecified atom stereocenters. The van der Waals surface area contributed by atoms with Gasteiger partial charge in [-0.2, -0.15) is 0 Å². The van der Waals surface area contributed by atoms with Crippen molar-refractivity contribution in [2.24, 2.45) is 0 Å². The van der Waals surface area contributed by atoms with Gasteiger partial charge in [-0.1, -0.05) is 22.9 Å². The summed E-state index contributed by atoms with van der Waals surface area (Å²) < 4.78 is 14.4. The van der Waals surface area contributed by atoms with Crippen LogP contribution >= 0.6 is 34.3 Å². The van der Waals surface area contributed by atoms with Gasteiger partial charge in [-0.05, 0) is 43.7 Å². The van der Waals surface area contributed by atoms with Gasteiger partial charge in [-0.3, -0.25) is 19.5 Å². The molecule has 7 nitrogen and oxygen atoms in total. The number of nitrogens with zero attached hydrogens (tertiary/aromatic N) is 4. The third-order valence-electron chi connectivity index (χ3n) is 5.21. The van der Waals surface area contributed by atoms with E-state index >= 15 is 0 Å². The molecule has 0 saturated heterocycles. The number of thiazole rings is 2. The van der Waals surface area contributed by atoms with Gasteiger partial charge in [0.25, 0.3) is 5.91 Å². The number of rotatable bonds is 4. The first kappa shape index (κ1) is 21.6. The highest BCUT2D eigenvalue weighted by Crippen LogP contribution is 2.45. The summed E-state index contributed by atoms with van der Waals surface area (Å²) in [5.41, 5.74) is 1.41.